The van der Waals surface area contributed by atoms with Gasteiger partial charge in [0.15, 0.2) is 0 Å². The van der Waals surface area contributed by atoms with Gasteiger partial charge in [0.1, 0.15) is 5.82 Å². The molecule has 3 N–H and O–H groups in total. The van der Waals surface area contributed by atoms with Crippen LogP contribution in [0.25, 0.3) is 0 Å². The highest BCUT2D eigenvalue weighted by Crippen LogP contribution is 2.15. The van der Waals surface area contributed by atoms with Crippen LogP contribution >= 0.6 is 0 Å². The summed E-state index contributed by atoms with van der Waals surface area (Å²) < 4.78 is 13.1. The van der Waals surface area contributed by atoms with E-state index in [4.69, 9.17) is 5.73 Å². The summed E-state index contributed by atoms with van der Waals surface area (Å²) in [6.45, 7) is 2.15. The fourth-order valence-electron chi connectivity index (χ4n) is 1.19. The Kier molecular flexibility index (Phi) is 4.34. The van der Waals surface area contributed by atoms with Crippen molar-refractivity contribution >= 4 is 11.6 Å². The number of carbonyl (C=O) groups is 1. The van der Waals surface area contributed by atoms with Crippen molar-refractivity contribution < 1.29 is 9.18 Å². The molecule has 0 bridgehead atoms. The number of benzene rings is 1. The van der Waals surface area contributed by atoms with Gasteiger partial charge in [-0.25, -0.2) is 4.39 Å². The van der Waals surface area contributed by atoms with Gasteiger partial charge in [0.25, 0.3) is 5.91 Å². The van der Waals surface area contributed by atoms with Crippen molar-refractivity contribution in [1.29, 1.82) is 0 Å². The maximum Gasteiger partial charge on any atom is 0.253 e. The number of halogens is 1. The Hall–Kier alpha value is -2.02. The number of rotatable bonds is 3. The normalized spacial score (nSPS) is 9.12. The fraction of sp³-hybridized carbons (Fsp3) is 0.250. The minimum atomic E-state index is -0.582. The summed E-state index contributed by atoms with van der Waals surface area (Å²) in [7, 11) is 0. The summed E-state index contributed by atoms with van der Waals surface area (Å²) in [5, 5.41) is 2.61. The highest BCUT2D eigenvalue weighted by atomic mass is 19.1. The van der Waals surface area contributed by atoms with Crippen LogP contribution in [0.3, 0.4) is 0 Å². The highest BCUT2D eigenvalue weighted by molar-refractivity contribution is 5.99. The summed E-state index contributed by atoms with van der Waals surface area (Å²) in [5.74, 6) is 4.56. The first-order valence-electron chi connectivity index (χ1n) is 4.88. The van der Waals surface area contributed by atoms with Gasteiger partial charge in [0.05, 0.1) is 11.3 Å². The van der Waals surface area contributed by atoms with Gasteiger partial charge in [-0.05, 0) is 19.1 Å². The van der Waals surface area contributed by atoms with E-state index in [1.165, 1.54) is 18.2 Å². The van der Waals surface area contributed by atoms with Crippen molar-refractivity contribution in [3.63, 3.8) is 0 Å². The van der Waals surface area contributed by atoms with Crippen molar-refractivity contribution in [2.24, 2.45) is 0 Å². The van der Waals surface area contributed by atoms with E-state index in [9.17, 15) is 9.18 Å². The Morgan fingerprint density at radius 3 is 3.00 bits per heavy atom. The molecule has 0 aromatic heterocycles. The van der Waals surface area contributed by atoms with Crippen LogP contribution in [0.4, 0.5) is 10.1 Å². The first-order chi connectivity index (χ1) is 7.66. The van der Waals surface area contributed by atoms with Crippen LogP contribution < -0.4 is 11.1 Å². The van der Waals surface area contributed by atoms with Gasteiger partial charge in [0.2, 0.25) is 0 Å². The Bertz CT molecular complexity index is 446. The molecule has 1 aromatic rings. The van der Waals surface area contributed by atoms with Gasteiger partial charge < -0.3 is 11.1 Å². The molecule has 1 aromatic carbocycles. The largest absolute Gasteiger partial charge is 0.396 e. The van der Waals surface area contributed by atoms with Gasteiger partial charge in [-0.15, -0.1) is 11.8 Å². The molecule has 1 rings (SSSR count). The van der Waals surface area contributed by atoms with Crippen molar-refractivity contribution in [3.05, 3.63) is 29.6 Å². The Balaban J connectivity index is 2.65. The van der Waals surface area contributed by atoms with Crippen LogP contribution in [0.1, 0.15) is 23.7 Å². The average Bonchev–Trinajstić information content (AvgIpc) is 2.28. The third kappa shape index (κ3) is 2.99. The molecule has 0 aliphatic rings. The highest BCUT2D eigenvalue weighted by Gasteiger charge is 2.11. The number of nitrogens with two attached hydrogens (primary N) is 1. The molecule has 0 heterocycles. The zero-order valence-electron chi connectivity index (χ0n) is 9.01. The predicted molar refractivity (Wildman–Crippen MR) is 61.2 cm³/mol. The van der Waals surface area contributed by atoms with E-state index in [-0.39, 0.29) is 17.2 Å². The standard InChI is InChI=1S/C12H13FN2O/c1-2-3-4-8-15-12(16)9-6-5-7-10(13)11(9)14/h5-7H,4,8,14H2,1H3,(H,15,16). The van der Waals surface area contributed by atoms with Crippen LogP contribution in [0.5, 0.6) is 0 Å². The number of carbonyl (C=O) groups excluding carboxylic acids is 1. The van der Waals surface area contributed by atoms with Crippen LogP contribution in [-0.4, -0.2) is 12.5 Å². The summed E-state index contributed by atoms with van der Waals surface area (Å²) in [6, 6.07) is 4.15. The van der Waals surface area contributed by atoms with E-state index in [1.54, 1.807) is 6.92 Å². The van der Waals surface area contributed by atoms with Crippen LogP contribution in [-0.2, 0) is 0 Å². The molecule has 0 atom stereocenters. The lowest BCUT2D eigenvalue weighted by molar-refractivity contribution is 0.0955. The number of anilines is 1. The lowest BCUT2D eigenvalue weighted by Gasteiger charge is -2.06. The number of amides is 1. The molecule has 4 heteroatoms. The second-order valence-electron chi connectivity index (χ2n) is 3.13. The second-order valence-corrected chi connectivity index (χ2v) is 3.13. The van der Waals surface area contributed by atoms with E-state index >= 15 is 0 Å². The van der Waals surface area contributed by atoms with Crippen molar-refractivity contribution in [3.8, 4) is 11.8 Å². The van der Waals surface area contributed by atoms with Crippen molar-refractivity contribution in [2.45, 2.75) is 13.3 Å². The van der Waals surface area contributed by atoms with Crippen LogP contribution in [0.15, 0.2) is 18.2 Å². The van der Waals surface area contributed by atoms with Crippen molar-refractivity contribution in [1.82, 2.24) is 5.32 Å². The summed E-state index contributed by atoms with van der Waals surface area (Å²) in [6.07, 6.45) is 0.567. The van der Waals surface area contributed by atoms with E-state index in [0.29, 0.717) is 13.0 Å². The molecule has 0 saturated heterocycles. The maximum absolute atomic E-state index is 13.1. The second kappa shape index (κ2) is 5.76. The van der Waals surface area contributed by atoms with Gasteiger partial charge in [-0.3, -0.25) is 4.79 Å². The first-order valence-corrected chi connectivity index (χ1v) is 4.88. The monoisotopic (exact) mass is 220 g/mol. The minimum absolute atomic E-state index is 0.124. The van der Waals surface area contributed by atoms with E-state index in [2.05, 4.69) is 17.2 Å². The topological polar surface area (TPSA) is 55.1 Å². The fourth-order valence-corrected chi connectivity index (χ4v) is 1.19. The Morgan fingerprint density at radius 2 is 2.31 bits per heavy atom. The summed E-state index contributed by atoms with van der Waals surface area (Å²) in [5.41, 5.74) is 5.48. The molecule has 0 spiro atoms. The van der Waals surface area contributed by atoms with Crippen LogP contribution in [0.2, 0.25) is 0 Å². The molecule has 0 unspecified atom stereocenters. The zero-order valence-corrected chi connectivity index (χ0v) is 9.01. The summed E-state index contributed by atoms with van der Waals surface area (Å²) in [4.78, 5) is 11.6. The molecule has 0 aliphatic carbocycles. The number of hydrogen-bond donors (Lipinski definition) is 2. The average molecular weight is 220 g/mol. The van der Waals surface area contributed by atoms with Crippen LogP contribution in [0, 0.1) is 17.7 Å². The number of nitrogen functional groups attached to an aromatic ring is 1. The van der Waals surface area contributed by atoms with Gasteiger partial charge in [0, 0.05) is 13.0 Å². The Morgan fingerprint density at radius 1 is 1.56 bits per heavy atom. The summed E-state index contributed by atoms with van der Waals surface area (Å²) >= 11 is 0. The van der Waals surface area contributed by atoms with E-state index < -0.39 is 5.82 Å². The molecule has 0 radical (unpaired) electrons. The maximum atomic E-state index is 13.1. The number of nitrogens with one attached hydrogen (secondary N) is 1. The molecule has 16 heavy (non-hydrogen) atoms. The molecule has 3 nitrogen and oxygen atoms in total. The first kappa shape index (κ1) is 12.1. The molecular weight excluding hydrogens is 207 g/mol. The number of hydrogen-bond acceptors (Lipinski definition) is 2. The molecule has 1 amide bonds. The van der Waals surface area contributed by atoms with E-state index in [0.717, 1.165) is 0 Å². The quantitative estimate of drug-likeness (QED) is 0.461. The third-order valence-corrected chi connectivity index (χ3v) is 2.01. The molecular formula is C12H13FN2O. The van der Waals surface area contributed by atoms with E-state index in [1.807, 2.05) is 0 Å². The van der Waals surface area contributed by atoms with Gasteiger partial charge in [-0.2, -0.15) is 0 Å². The molecule has 0 saturated carbocycles. The third-order valence-electron chi connectivity index (χ3n) is 2.01. The van der Waals surface area contributed by atoms with Gasteiger partial charge >= 0.3 is 0 Å². The predicted octanol–water partition coefficient (Wildman–Crippen LogP) is 1.55. The molecule has 84 valence electrons. The lowest BCUT2D eigenvalue weighted by atomic mass is 10.1. The smallest absolute Gasteiger partial charge is 0.253 e. The molecule has 0 aliphatic heterocycles. The van der Waals surface area contributed by atoms with Crippen molar-refractivity contribution in [2.75, 3.05) is 12.3 Å². The SMILES string of the molecule is CC#CCCNC(=O)c1cccc(F)c1N. The Labute approximate surface area is 93.8 Å². The molecule has 0 fully saturated rings. The zero-order chi connectivity index (χ0) is 12.0. The lowest BCUT2D eigenvalue weighted by Crippen LogP contribution is -2.25. The van der Waals surface area contributed by atoms with Gasteiger partial charge in [-0.1, -0.05) is 6.07 Å². The minimum Gasteiger partial charge on any atom is -0.396 e. The number of para-hydroxylation sites is 1.